The standard InChI is InChI=1S/C19H23F3N2O2/c20-16-4-2-1-3-12(16)8-24-9-15-14(11-26-17(15)10-24)7-23-18(25)13-5-19(21,22)6-13/h1-4,13-15,17H,5-11H2,(H,23,25)/t14-,15+,17+/m1/s1. The van der Waals surface area contributed by atoms with Crippen LogP contribution < -0.4 is 5.32 Å². The second-order valence-electron chi connectivity index (χ2n) is 7.79. The van der Waals surface area contributed by atoms with E-state index in [0.717, 1.165) is 13.1 Å². The highest BCUT2D eigenvalue weighted by atomic mass is 19.3. The van der Waals surface area contributed by atoms with Crippen LogP contribution in [0.3, 0.4) is 0 Å². The predicted molar refractivity (Wildman–Crippen MR) is 89.1 cm³/mol. The molecular formula is C19H23F3N2O2. The van der Waals surface area contributed by atoms with E-state index < -0.39 is 11.8 Å². The molecule has 1 saturated carbocycles. The summed E-state index contributed by atoms with van der Waals surface area (Å²) in [7, 11) is 0. The minimum atomic E-state index is -2.68. The highest BCUT2D eigenvalue weighted by Gasteiger charge is 2.49. The molecule has 7 heteroatoms. The average molecular weight is 368 g/mol. The van der Waals surface area contributed by atoms with Crippen LogP contribution in [0.1, 0.15) is 18.4 Å². The summed E-state index contributed by atoms with van der Waals surface area (Å²) in [5.41, 5.74) is 0.670. The van der Waals surface area contributed by atoms with E-state index in [-0.39, 0.29) is 42.5 Å². The molecule has 0 radical (unpaired) electrons. The van der Waals surface area contributed by atoms with Crippen molar-refractivity contribution in [2.75, 3.05) is 26.2 Å². The molecule has 0 aromatic heterocycles. The Morgan fingerprint density at radius 2 is 2.04 bits per heavy atom. The molecule has 142 valence electrons. The summed E-state index contributed by atoms with van der Waals surface area (Å²) in [5, 5.41) is 2.82. The number of amides is 1. The maximum atomic E-state index is 13.8. The largest absolute Gasteiger partial charge is 0.376 e. The summed E-state index contributed by atoms with van der Waals surface area (Å²) >= 11 is 0. The number of rotatable bonds is 5. The van der Waals surface area contributed by atoms with E-state index in [4.69, 9.17) is 4.74 Å². The lowest BCUT2D eigenvalue weighted by molar-refractivity contribution is -0.150. The first-order valence-electron chi connectivity index (χ1n) is 9.14. The lowest BCUT2D eigenvalue weighted by Crippen LogP contribution is -2.46. The predicted octanol–water partition coefficient (Wildman–Crippen LogP) is 2.43. The lowest BCUT2D eigenvalue weighted by atomic mass is 9.80. The van der Waals surface area contributed by atoms with Gasteiger partial charge in [0.05, 0.1) is 12.7 Å². The topological polar surface area (TPSA) is 41.6 Å². The molecule has 3 fully saturated rings. The zero-order chi connectivity index (χ0) is 18.3. The molecule has 1 amide bonds. The number of nitrogens with one attached hydrogen (secondary N) is 1. The summed E-state index contributed by atoms with van der Waals surface area (Å²) in [6.07, 6.45) is -0.595. The van der Waals surface area contributed by atoms with Crippen molar-refractivity contribution in [3.05, 3.63) is 35.6 Å². The number of nitrogens with zero attached hydrogens (tertiary/aromatic N) is 1. The Bertz CT molecular complexity index is 677. The van der Waals surface area contributed by atoms with Crippen molar-refractivity contribution in [1.29, 1.82) is 0 Å². The van der Waals surface area contributed by atoms with Crippen LogP contribution in [0.5, 0.6) is 0 Å². The number of carbonyl (C=O) groups excluding carboxylic acids is 1. The molecule has 0 unspecified atom stereocenters. The molecule has 1 aromatic rings. The number of carbonyl (C=O) groups is 1. The van der Waals surface area contributed by atoms with Gasteiger partial charge in [0.15, 0.2) is 0 Å². The third kappa shape index (κ3) is 3.60. The van der Waals surface area contributed by atoms with Gasteiger partial charge in [-0.05, 0) is 6.07 Å². The van der Waals surface area contributed by atoms with Gasteiger partial charge in [0.2, 0.25) is 11.8 Å². The summed E-state index contributed by atoms with van der Waals surface area (Å²) < 4.78 is 45.4. The van der Waals surface area contributed by atoms with Crippen LogP contribution in [-0.4, -0.2) is 49.1 Å². The minimum Gasteiger partial charge on any atom is -0.376 e. The summed E-state index contributed by atoms with van der Waals surface area (Å²) in [6, 6.07) is 6.76. The van der Waals surface area contributed by atoms with Crippen molar-refractivity contribution in [2.24, 2.45) is 17.8 Å². The molecule has 1 N–H and O–H groups in total. The van der Waals surface area contributed by atoms with Gasteiger partial charge in [-0.25, -0.2) is 13.2 Å². The molecule has 0 spiro atoms. The first-order valence-corrected chi connectivity index (χ1v) is 9.14. The smallest absolute Gasteiger partial charge is 0.249 e. The van der Waals surface area contributed by atoms with Crippen LogP contribution in [0.15, 0.2) is 24.3 Å². The number of likely N-dealkylation sites (tertiary alicyclic amines) is 1. The zero-order valence-electron chi connectivity index (χ0n) is 14.5. The summed E-state index contributed by atoms with van der Waals surface area (Å²) in [6.45, 7) is 3.11. The molecule has 3 atom stereocenters. The third-order valence-corrected chi connectivity index (χ3v) is 5.87. The molecule has 1 aromatic carbocycles. The number of hydrogen-bond acceptors (Lipinski definition) is 3. The highest BCUT2D eigenvalue weighted by molar-refractivity contribution is 5.79. The molecular weight excluding hydrogens is 345 g/mol. The molecule has 2 saturated heterocycles. The number of halogens is 3. The van der Waals surface area contributed by atoms with Gasteiger partial charge in [-0.3, -0.25) is 9.69 Å². The molecule has 1 aliphatic carbocycles. The second-order valence-corrected chi connectivity index (χ2v) is 7.79. The summed E-state index contributed by atoms with van der Waals surface area (Å²) in [5.74, 6) is -3.26. The fourth-order valence-electron chi connectivity index (χ4n) is 4.31. The maximum absolute atomic E-state index is 13.8. The van der Waals surface area contributed by atoms with Gasteiger partial charge in [-0.2, -0.15) is 0 Å². The minimum absolute atomic E-state index is 0.0942. The van der Waals surface area contributed by atoms with Gasteiger partial charge >= 0.3 is 0 Å². The molecule has 0 bridgehead atoms. The van der Waals surface area contributed by atoms with Crippen LogP contribution in [0.25, 0.3) is 0 Å². The normalized spacial score (nSPS) is 30.8. The first kappa shape index (κ1) is 17.8. The van der Waals surface area contributed by atoms with Gasteiger partial charge in [0, 0.05) is 62.3 Å². The van der Waals surface area contributed by atoms with Crippen LogP contribution in [-0.2, 0) is 16.1 Å². The Morgan fingerprint density at radius 1 is 1.27 bits per heavy atom. The van der Waals surface area contributed by atoms with Crippen molar-refractivity contribution in [1.82, 2.24) is 10.2 Å². The van der Waals surface area contributed by atoms with Crippen LogP contribution >= 0.6 is 0 Å². The molecule has 2 heterocycles. The van der Waals surface area contributed by atoms with Crippen molar-refractivity contribution in [2.45, 2.75) is 31.4 Å². The average Bonchev–Trinajstić information content (AvgIpc) is 3.13. The van der Waals surface area contributed by atoms with E-state index in [0.29, 0.717) is 25.3 Å². The van der Waals surface area contributed by atoms with Crippen molar-refractivity contribution < 1.29 is 22.7 Å². The number of fused-ring (bicyclic) bond motifs is 1. The van der Waals surface area contributed by atoms with Crippen LogP contribution in [0.4, 0.5) is 13.2 Å². The van der Waals surface area contributed by atoms with Crippen molar-refractivity contribution in [3.8, 4) is 0 Å². The number of ether oxygens (including phenoxy) is 1. The molecule has 3 aliphatic rings. The maximum Gasteiger partial charge on any atom is 0.249 e. The number of alkyl halides is 2. The van der Waals surface area contributed by atoms with E-state index in [9.17, 15) is 18.0 Å². The lowest BCUT2D eigenvalue weighted by Gasteiger charge is -2.34. The van der Waals surface area contributed by atoms with Gasteiger partial charge < -0.3 is 10.1 Å². The third-order valence-electron chi connectivity index (χ3n) is 5.87. The van der Waals surface area contributed by atoms with Crippen LogP contribution in [0, 0.1) is 23.6 Å². The first-order chi connectivity index (χ1) is 12.4. The Labute approximate surface area is 150 Å². The highest BCUT2D eigenvalue weighted by Crippen LogP contribution is 2.42. The number of hydrogen-bond donors (Lipinski definition) is 1. The fourth-order valence-corrected chi connectivity index (χ4v) is 4.31. The van der Waals surface area contributed by atoms with E-state index >= 15 is 0 Å². The van der Waals surface area contributed by atoms with Gasteiger partial charge in [-0.1, -0.05) is 18.2 Å². The van der Waals surface area contributed by atoms with E-state index in [1.165, 1.54) is 6.07 Å². The zero-order valence-corrected chi connectivity index (χ0v) is 14.5. The Morgan fingerprint density at radius 3 is 2.77 bits per heavy atom. The van der Waals surface area contributed by atoms with Gasteiger partial charge in [0.1, 0.15) is 5.82 Å². The van der Waals surface area contributed by atoms with Crippen molar-refractivity contribution >= 4 is 5.91 Å². The Kier molecular flexibility index (Phi) is 4.69. The quantitative estimate of drug-likeness (QED) is 0.868. The van der Waals surface area contributed by atoms with Gasteiger partial charge in [0.25, 0.3) is 0 Å². The Hall–Kier alpha value is -1.60. The molecule has 4 rings (SSSR count). The van der Waals surface area contributed by atoms with Crippen molar-refractivity contribution in [3.63, 3.8) is 0 Å². The molecule has 2 aliphatic heterocycles. The summed E-state index contributed by atoms with van der Waals surface area (Å²) in [4.78, 5) is 14.1. The van der Waals surface area contributed by atoms with Gasteiger partial charge in [-0.15, -0.1) is 0 Å². The monoisotopic (exact) mass is 368 g/mol. The van der Waals surface area contributed by atoms with E-state index in [2.05, 4.69) is 10.2 Å². The fraction of sp³-hybridized carbons (Fsp3) is 0.632. The second kappa shape index (κ2) is 6.85. The number of benzene rings is 1. The SMILES string of the molecule is O=C(NC[C@@H]1CO[C@H]2CN(Cc3ccccc3F)C[C@@H]12)C1CC(F)(F)C1. The molecule has 26 heavy (non-hydrogen) atoms. The van der Waals surface area contributed by atoms with Crippen LogP contribution in [0.2, 0.25) is 0 Å². The Balaban J connectivity index is 1.27. The molecule has 4 nitrogen and oxygen atoms in total. The van der Waals surface area contributed by atoms with E-state index in [1.807, 2.05) is 6.07 Å². The van der Waals surface area contributed by atoms with E-state index in [1.54, 1.807) is 12.1 Å².